The van der Waals surface area contributed by atoms with E-state index in [1.165, 1.54) is 20.7 Å². The van der Waals surface area contributed by atoms with Crippen molar-refractivity contribution in [3.8, 4) is 6.07 Å². The van der Waals surface area contributed by atoms with Crippen LogP contribution in [0.1, 0.15) is 13.3 Å². The number of esters is 1. The van der Waals surface area contributed by atoms with Crippen molar-refractivity contribution in [1.29, 1.82) is 5.26 Å². The van der Waals surface area contributed by atoms with Crippen LogP contribution in [0.25, 0.3) is 0 Å². The van der Waals surface area contributed by atoms with Crippen LogP contribution in [0, 0.1) is 11.3 Å². The second-order valence-electron chi connectivity index (χ2n) is 2.94. The molecule has 0 aliphatic rings. The lowest BCUT2D eigenvalue weighted by atomic mass is 10.3. The van der Waals surface area contributed by atoms with Crippen LogP contribution >= 0.6 is 7.37 Å². The van der Waals surface area contributed by atoms with Crippen molar-refractivity contribution in [3.63, 3.8) is 0 Å². The summed E-state index contributed by atoms with van der Waals surface area (Å²) in [6.07, 6.45) is -0.372. The minimum absolute atomic E-state index is 0.231. The van der Waals surface area contributed by atoms with E-state index in [2.05, 4.69) is 4.74 Å². The van der Waals surface area contributed by atoms with E-state index in [4.69, 9.17) is 9.79 Å². The number of rotatable bonds is 5. The highest BCUT2D eigenvalue weighted by molar-refractivity contribution is 7.58. The van der Waals surface area contributed by atoms with Crippen LogP contribution in [-0.4, -0.2) is 32.0 Å². The van der Waals surface area contributed by atoms with Crippen LogP contribution in [0.5, 0.6) is 0 Å². The summed E-state index contributed by atoms with van der Waals surface area (Å²) in [5, 5.41) is 8.59. The van der Waals surface area contributed by atoms with E-state index in [0.29, 0.717) is 0 Å². The molecule has 0 bridgehead atoms. The first-order chi connectivity index (χ1) is 6.41. The van der Waals surface area contributed by atoms with E-state index in [0.717, 1.165) is 0 Å². The maximum Gasteiger partial charge on any atom is 0.303 e. The molecule has 0 aromatic rings. The van der Waals surface area contributed by atoms with Crippen LogP contribution in [0.3, 0.4) is 0 Å². The van der Waals surface area contributed by atoms with Crippen molar-refractivity contribution in [3.05, 3.63) is 0 Å². The SMILES string of the molecule is COP(C)(=O)CCC(C#N)OC(C)=O. The summed E-state index contributed by atoms with van der Waals surface area (Å²) in [7, 11) is -1.27. The smallest absolute Gasteiger partial charge is 0.303 e. The van der Waals surface area contributed by atoms with Crippen LogP contribution in [-0.2, 0) is 18.6 Å². The largest absolute Gasteiger partial charge is 0.447 e. The highest BCUT2D eigenvalue weighted by Crippen LogP contribution is 2.42. The van der Waals surface area contributed by atoms with Gasteiger partial charge in [0.2, 0.25) is 0 Å². The third kappa shape index (κ3) is 5.74. The lowest BCUT2D eigenvalue weighted by molar-refractivity contribution is -0.143. The predicted molar refractivity (Wildman–Crippen MR) is 51.2 cm³/mol. The third-order valence-electron chi connectivity index (χ3n) is 1.64. The van der Waals surface area contributed by atoms with Crippen LogP contribution in [0.4, 0.5) is 0 Å². The van der Waals surface area contributed by atoms with E-state index in [-0.39, 0.29) is 12.6 Å². The van der Waals surface area contributed by atoms with Crippen molar-refractivity contribution in [1.82, 2.24) is 0 Å². The second kappa shape index (κ2) is 5.79. The Kier molecular flexibility index (Phi) is 5.44. The van der Waals surface area contributed by atoms with Crippen molar-refractivity contribution in [2.24, 2.45) is 0 Å². The van der Waals surface area contributed by atoms with Gasteiger partial charge in [-0.3, -0.25) is 9.36 Å². The Labute approximate surface area is 83.5 Å². The van der Waals surface area contributed by atoms with Crippen LogP contribution < -0.4 is 0 Å². The van der Waals surface area contributed by atoms with Gasteiger partial charge in [0.1, 0.15) is 6.07 Å². The van der Waals surface area contributed by atoms with Gasteiger partial charge in [-0.2, -0.15) is 5.26 Å². The first-order valence-electron chi connectivity index (χ1n) is 4.10. The summed E-state index contributed by atoms with van der Waals surface area (Å²) in [6.45, 7) is 2.71. The Bertz CT molecular complexity index is 284. The van der Waals surface area contributed by atoms with Crippen molar-refractivity contribution >= 4 is 13.3 Å². The topological polar surface area (TPSA) is 76.4 Å². The average molecular weight is 219 g/mol. The Morgan fingerprint density at radius 3 is 2.57 bits per heavy atom. The lowest BCUT2D eigenvalue weighted by Gasteiger charge is -2.13. The Morgan fingerprint density at radius 1 is 1.64 bits per heavy atom. The Balaban J connectivity index is 4.04. The van der Waals surface area contributed by atoms with E-state index in [9.17, 15) is 9.36 Å². The molecular weight excluding hydrogens is 205 g/mol. The summed E-state index contributed by atoms with van der Waals surface area (Å²) in [5.41, 5.74) is 0. The first kappa shape index (κ1) is 13.2. The summed E-state index contributed by atoms with van der Waals surface area (Å²) in [4.78, 5) is 10.5. The molecule has 5 nitrogen and oxygen atoms in total. The Morgan fingerprint density at radius 2 is 2.21 bits per heavy atom. The quantitative estimate of drug-likeness (QED) is 0.515. The number of nitrogens with zero attached hydrogens (tertiary/aromatic N) is 1. The van der Waals surface area contributed by atoms with Gasteiger partial charge in [-0.15, -0.1) is 0 Å². The molecule has 80 valence electrons. The summed E-state index contributed by atoms with van der Waals surface area (Å²) < 4.78 is 20.8. The number of nitriles is 1. The summed E-state index contributed by atoms with van der Waals surface area (Å²) in [5.74, 6) is -0.514. The minimum Gasteiger partial charge on any atom is -0.447 e. The molecule has 2 unspecified atom stereocenters. The molecule has 6 heteroatoms. The van der Waals surface area contributed by atoms with Crippen molar-refractivity contribution in [2.75, 3.05) is 19.9 Å². The van der Waals surface area contributed by atoms with Gasteiger partial charge in [0.25, 0.3) is 0 Å². The zero-order chi connectivity index (χ0) is 11.2. The first-order valence-corrected chi connectivity index (χ1v) is 6.36. The van der Waals surface area contributed by atoms with Crippen LogP contribution in [0.2, 0.25) is 0 Å². The maximum atomic E-state index is 11.4. The predicted octanol–water partition coefficient (Wildman–Crippen LogP) is 1.39. The summed E-state index contributed by atoms with van der Waals surface area (Å²) in [6, 6.07) is 1.81. The molecule has 0 radical (unpaired) electrons. The molecule has 0 amide bonds. The standard InChI is InChI=1S/C8H14NO4P/c1-7(10)13-8(6-9)4-5-14(3,11)12-2/h8H,4-5H2,1-3H3. The number of carbonyl (C=O) groups excluding carboxylic acids is 1. The van der Waals surface area contributed by atoms with E-state index >= 15 is 0 Å². The fourth-order valence-corrected chi connectivity index (χ4v) is 1.68. The molecule has 0 aromatic heterocycles. The highest BCUT2D eigenvalue weighted by atomic mass is 31.2. The van der Waals surface area contributed by atoms with Gasteiger partial charge in [-0.05, 0) is 0 Å². The van der Waals surface area contributed by atoms with Crippen molar-refractivity contribution in [2.45, 2.75) is 19.4 Å². The van der Waals surface area contributed by atoms with Gasteiger partial charge < -0.3 is 9.26 Å². The van der Waals surface area contributed by atoms with E-state index in [1.807, 2.05) is 6.07 Å². The fraction of sp³-hybridized carbons (Fsp3) is 0.750. The number of hydrogen-bond donors (Lipinski definition) is 0. The van der Waals surface area contributed by atoms with Gasteiger partial charge in [0, 0.05) is 33.3 Å². The molecule has 0 N–H and O–H groups in total. The number of hydrogen-bond acceptors (Lipinski definition) is 5. The third-order valence-corrected chi connectivity index (χ3v) is 3.48. The zero-order valence-electron chi connectivity index (χ0n) is 8.52. The second-order valence-corrected chi connectivity index (χ2v) is 5.78. The molecule has 0 aliphatic carbocycles. The molecule has 0 aliphatic heterocycles. The van der Waals surface area contributed by atoms with E-state index < -0.39 is 19.4 Å². The molecule has 2 atom stereocenters. The van der Waals surface area contributed by atoms with Gasteiger partial charge in [0.15, 0.2) is 13.5 Å². The van der Waals surface area contributed by atoms with Gasteiger partial charge in [-0.1, -0.05) is 0 Å². The summed E-state index contributed by atoms with van der Waals surface area (Å²) >= 11 is 0. The zero-order valence-corrected chi connectivity index (χ0v) is 9.41. The van der Waals surface area contributed by atoms with E-state index in [1.54, 1.807) is 0 Å². The molecule has 0 heterocycles. The number of ether oxygens (including phenoxy) is 1. The molecular formula is C8H14NO4P. The number of carbonyl (C=O) groups is 1. The van der Waals surface area contributed by atoms with Gasteiger partial charge in [-0.25, -0.2) is 0 Å². The molecule has 0 fully saturated rings. The average Bonchev–Trinajstić information content (AvgIpc) is 2.12. The Hall–Kier alpha value is -0.850. The molecule has 0 saturated carbocycles. The van der Waals surface area contributed by atoms with Crippen LogP contribution in [0.15, 0.2) is 0 Å². The molecule has 0 rings (SSSR count). The molecule has 14 heavy (non-hydrogen) atoms. The van der Waals surface area contributed by atoms with Gasteiger partial charge in [0.05, 0.1) is 0 Å². The fourth-order valence-electron chi connectivity index (χ4n) is 0.793. The van der Waals surface area contributed by atoms with Crippen molar-refractivity contribution < 1.29 is 18.6 Å². The van der Waals surface area contributed by atoms with Gasteiger partial charge >= 0.3 is 5.97 Å². The molecule has 0 saturated heterocycles. The molecule has 0 spiro atoms. The minimum atomic E-state index is -2.63. The maximum absolute atomic E-state index is 11.4. The lowest BCUT2D eigenvalue weighted by Crippen LogP contribution is -2.15. The molecule has 0 aromatic carbocycles. The highest BCUT2D eigenvalue weighted by Gasteiger charge is 2.18. The monoisotopic (exact) mass is 219 g/mol. The normalized spacial score (nSPS) is 16.4.